The Morgan fingerprint density at radius 1 is 1.00 bits per heavy atom. The predicted molar refractivity (Wildman–Crippen MR) is 147 cm³/mol. The van der Waals surface area contributed by atoms with E-state index in [9.17, 15) is 31.2 Å². The van der Waals surface area contributed by atoms with Crippen molar-refractivity contribution in [1.29, 1.82) is 0 Å². The van der Waals surface area contributed by atoms with Crippen molar-refractivity contribution in [2.75, 3.05) is 17.4 Å². The fourth-order valence-corrected chi connectivity index (χ4v) is 5.70. The van der Waals surface area contributed by atoms with Crippen molar-refractivity contribution in [2.24, 2.45) is 0 Å². The second-order valence-corrected chi connectivity index (χ2v) is 11.3. The van der Waals surface area contributed by atoms with E-state index in [2.05, 4.69) is 5.32 Å². The van der Waals surface area contributed by atoms with Crippen LogP contribution in [-0.4, -0.2) is 44.3 Å². The zero-order chi connectivity index (χ0) is 29.7. The number of hydrogen-bond acceptors (Lipinski definition) is 4. The minimum absolute atomic E-state index is 0.0423. The Bertz CT molecular complexity index is 1470. The second kappa shape index (κ2) is 12.7. The summed E-state index contributed by atoms with van der Waals surface area (Å²) in [5.41, 5.74) is -0.116. The molecular weight excluding hydrogens is 567 g/mol. The first kappa shape index (κ1) is 31.0. The maximum atomic E-state index is 13.8. The normalized spacial score (nSPS) is 12.5. The number of nitrogens with zero attached hydrogens (tertiary/aromatic N) is 2. The van der Waals surface area contributed by atoms with E-state index in [0.717, 1.165) is 17.7 Å². The van der Waals surface area contributed by atoms with Gasteiger partial charge in [0.05, 0.1) is 21.2 Å². The number of carbonyl (C=O) groups excluding carboxylic acids is 2. The van der Waals surface area contributed by atoms with E-state index in [0.29, 0.717) is 22.5 Å². The lowest BCUT2D eigenvalue weighted by molar-refractivity contribution is -0.139. The van der Waals surface area contributed by atoms with Crippen LogP contribution in [-0.2, 0) is 32.3 Å². The van der Waals surface area contributed by atoms with Gasteiger partial charge in [0.25, 0.3) is 10.0 Å². The Morgan fingerprint density at radius 2 is 1.62 bits per heavy atom. The fraction of sp³-hybridized carbons (Fsp3) is 0.286. The van der Waals surface area contributed by atoms with Crippen LogP contribution in [0.3, 0.4) is 0 Å². The summed E-state index contributed by atoms with van der Waals surface area (Å²) in [5.74, 6) is -1.28. The van der Waals surface area contributed by atoms with E-state index >= 15 is 0 Å². The van der Waals surface area contributed by atoms with Crippen LogP contribution in [0.1, 0.15) is 30.5 Å². The van der Waals surface area contributed by atoms with Gasteiger partial charge < -0.3 is 10.2 Å². The average molecular weight is 596 g/mol. The van der Waals surface area contributed by atoms with E-state index in [1.54, 1.807) is 25.1 Å². The number of nitrogens with one attached hydrogen (secondary N) is 1. The molecule has 0 bridgehead atoms. The van der Waals surface area contributed by atoms with Gasteiger partial charge >= 0.3 is 6.18 Å². The maximum Gasteiger partial charge on any atom is 0.416 e. The molecule has 0 fully saturated rings. The Kier molecular flexibility index (Phi) is 9.86. The number of sulfonamides is 1. The van der Waals surface area contributed by atoms with Crippen LogP contribution in [0.5, 0.6) is 0 Å². The molecule has 1 N–H and O–H groups in total. The Morgan fingerprint density at radius 3 is 2.23 bits per heavy atom. The summed E-state index contributed by atoms with van der Waals surface area (Å²) in [4.78, 5) is 27.5. The van der Waals surface area contributed by atoms with E-state index < -0.39 is 51.9 Å². The molecule has 0 saturated carbocycles. The highest BCUT2D eigenvalue weighted by molar-refractivity contribution is 7.92. The topological polar surface area (TPSA) is 86.8 Å². The van der Waals surface area contributed by atoms with Gasteiger partial charge in [-0.15, -0.1) is 0 Å². The second-order valence-electron chi connectivity index (χ2n) is 9.01. The summed E-state index contributed by atoms with van der Waals surface area (Å²) in [6.07, 6.45) is -4.80. The van der Waals surface area contributed by atoms with Crippen LogP contribution in [0, 0.1) is 6.92 Å². The molecule has 0 aromatic heterocycles. The van der Waals surface area contributed by atoms with E-state index in [1.807, 2.05) is 19.1 Å². The van der Waals surface area contributed by atoms with Gasteiger partial charge in [-0.1, -0.05) is 54.1 Å². The highest BCUT2D eigenvalue weighted by atomic mass is 35.5. The lowest BCUT2D eigenvalue weighted by Gasteiger charge is -2.32. The molecule has 3 rings (SSSR count). The molecular formula is C28H29ClF3N3O4S. The fourth-order valence-electron chi connectivity index (χ4n) is 3.99. The molecule has 40 heavy (non-hydrogen) atoms. The van der Waals surface area contributed by atoms with Crippen LogP contribution in [0.25, 0.3) is 0 Å². The number of hydrogen-bond donors (Lipinski definition) is 1. The molecule has 7 nitrogen and oxygen atoms in total. The standard InChI is InChI=1S/C28H29ClF3N3O4S/c1-4-33-27(37)20(3)34(17-21-11-9-8-10-19(21)2)26(36)18-35(40(38,39)23-12-6-5-7-13-23)25-16-22(28(30,31)32)14-15-24(25)29/h5-16,20H,4,17-18H2,1-3H3,(H,33,37). The number of rotatable bonds is 10. The molecule has 0 aliphatic rings. The highest BCUT2D eigenvalue weighted by Crippen LogP contribution is 2.37. The third-order valence-corrected chi connectivity index (χ3v) is 8.37. The monoisotopic (exact) mass is 595 g/mol. The number of likely N-dealkylation sites (N-methyl/N-ethyl adjacent to an activating group) is 1. The van der Waals surface area contributed by atoms with Crippen LogP contribution in [0.2, 0.25) is 5.02 Å². The number of anilines is 1. The van der Waals surface area contributed by atoms with Crippen molar-refractivity contribution < 1.29 is 31.2 Å². The average Bonchev–Trinajstić information content (AvgIpc) is 2.91. The molecule has 3 aromatic carbocycles. The summed E-state index contributed by atoms with van der Waals surface area (Å²) in [6.45, 7) is 4.37. The molecule has 0 saturated heterocycles. The Labute approximate surface area is 236 Å². The lowest BCUT2D eigenvalue weighted by Crippen LogP contribution is -2.51. The van der Waals surface area contributed by atoms with Crippen molar-refractivity contribution in [3.05, 3.63) is 94.5 Å². The van der Waals surface area contributed by atoms with Gasteiger partial charge in [0.1, 0.15) is 12.6 Å². The van der Waals surface area contributed by atoms with Crippen molar-refractivity contribution in [3.63, 3.8) is 0 Å². The van der Waals surface area contributed by atoms with Gasteiger partial charge in [0.15, 0.2) is 0 Å². The first-order chi connectivity index (χ1) is 18.8. The third kappa shape index (κ3) is 7.14. The molecule has 0 heterocycles. The SMILES string of the molecule is CCNC(=O)C(C)N(Cc1ccccc1C)C(=O)CN(c1cc(C(F)(F)F)ccc1Cl)S(=O)(=O)c1ccccc1. The van der Waals surface area contributed by atoms with Crippen LogP contribution in [0.15, 0.2) is 77.7 Å². The number of halogens is 4. The van der Waals surface area contributed by atoms with Crippen LogP contribution >= 0.6 is 11.6 Å². The van der Waals surface area contributed by atoms with Gasteiger partial charge in [-0.2, -0.15) is 13.2 Å². The van der Waals surface area contributed by atoms with E-state index in [-0.39, 0.29) is 16.5 Å². The molecule has 0 radical (unpaired) electrons. The third-order valence-electron chi connectivity index (χ3n) is 6.27. The van der Waals surface area contributed by atoms with Gasteiger partial charge in [-0.05, 0) is 62.2 Å². The maximum absolute atomic E-state index is 13.8. The van der Waals surface area contributed by atoms with Crippen molar-refractivity contribution in [2.45, 2.75) is 44.4 Å². The molecule has 1 atom stereocenters. The van der Waals surface area contributed by atoms with Gasteiger partial charge in [-0.25, -0.2) is 8.42 Å². The molecule has 0 spiro atoms. The van der Waals surface area contributed by atoms with E-state index in [4.69, 9.17) is 11.6 Å². The Hall–Kier alpha value is -3.57. The summed E-state index contributed by atoms with van der Waals surface area (Å²) < 4.78 is 68.8. The molecule has 0 aliphatic heterocycles. The quantitative estimate of drug-likeness (QED) is 0.339. The molecule has 214 valence electrons. The zero-order valence-corrected chi connectivity index (χ0v) is 23.6. The molecule has 1 unspecified atom stereocenters. The smallest absolute Gasteiger partial charge is 0.355 e. The highest BCUT2D eigenvalue weighted by Gasteiger charge is 2.36. The summed E-state index contributed by atoms with van der Waals surface area (Å²) >= 11 is 6.24. The van der Waals surface area contributed by atoms with Gasteiger partial charge in [-0.3, -0.25) is 13.9 Å². The molecule has 12 heteroatoms. The summed E-state index contributed by atoms with van der Waals surface area (Å²) in [6, 6.07) is 15.4. The first-order valence-electron chi connectivity index (χ1n) is 12.3. The molecule has 0 aliphatic carbocycles. The zero-order valence-electron chi connectivity index (χ0n) is 22.1. The first-order valence-corrected chi connectivity index (χ1v) is 14.1. The number of alkyl halides is 3. The van der Waals surface area contributed by atoms with Crippen LogP contribution in [0.4, 0.5) is 18.9 Å². The minimum atomic E-state index is -4.80. The minimum Gasteiger partial charge on any atom is -0.355 e. The van der Waals surface area contributed by atoms with E-state index in [1.165, 1.54) is 36.1 Å². The lowest BCUT2D eigenvalue weighted by atomic mass is 10.1. The predicted octanol–water partition coefficient (Wildman–Crippen LogP) is 5.42. The largest absolute Gasteiger partial charge is 0.416 e. The molecule has 3 aromatic rings. The number of aryl methyl sites for hydroxylation is 1. The number of amides is 2. The van der Waals surface area contributed by atoms with Gasteiger partial charge in [0, 0.05) is 13.1 Å². The van der Waals surface area contributed by atoms with Gasteiger partial charge in [0.2, 0.25) is 11.8 Å². The summed E-state index contributed by atoms with van der Waals surface area (Å²) in [5, 5.41) is 2.34. The van der Waals surface area contributed by atoms with Crippen molar-refractivity contribution >= 4 is 39.1 Å². The number of benzene rings is 3. The van der Waals surface area contributed by atoms with Crippen LogP contribution < -0.4 is 9.62 Å². The van der Waals surface area contributed by atoms with Crippen molar-refractivity contribution in [3.8, 4) is 0 Å². The number of carbonyl (C=O) groups is 2. The molecule has 2 amide bonds. The summed E-state index contributed by atoms with van der Waals surface area (Å²) in [7, 11) is -4.57. The Balaban J connectivity index is 2.14. The van der Waals surface area contributed by atoms with Crippen molar-refractivity contribution in [1.82, 2.24) is 10.2 Å².